The molecule has 2 aliphatic rings. The van der Waals surface area contributed by atoms with E-state index < -0.39 is 0 Å². The number of likely N-dealkylation sites (tertiary alicyclic amines) is 1. The quantitative estimate of drug-likeness (QED) is 0.284. The molecule has 1 aromatic heterocycles. The zero-order valence-corrected chi connectivity index (χ0v) is 18.2. The Hall–Kier alpha value is -0.800. The number of ether oxygens (including phenoxy) is 1. The number of rotatable bonds is 7. The molecule has 0 aromatic carbocycles. The lowest BCUT2D eigenvalue weighted by molar-refractivity contribution is 0.0195. The van der Waals surface area contributed by atoms with E-state index in [2.05, 4.69) is 22.0 Å². The lowest BCUT2D eigenvalue weighted by Gasteiger charge is -2.32. The Bertz CT molecular complexity index is 518. The highest BCUT2D eigenvalue weighted by Gasteiger charge is 2.30. The first kappa shape index (κ1) is 21.5. The van der Waals surface area contributed by atoms with Crippen molar-refractivity contribution in [1.29, 1.82) is 0 Å². The van der Waals surface area contributed by atoms with Crippen LogP contribution in [0.2, 0.25) is 0 Å². The van der Waals surface area contributed by atoms with Crippen molar-refractivity contribution in [3.05, 3.63) is 24.2 Å². The molecule has 0 amide bonds. The first-order chi connectivity index (χ1) is 12.4. The summed E-state index contributed by atoms with van der Waals surface area (Å²) in [5.41, 5.74) is 0. The van der Waals surface area contributed by atoms with Crippen molar-refractivity contribution in [2.24, 2.45) is 4.99 Å². The highest BCUT2D eigenvalue weighted by Crippen LogP contribution is 2.17. The third-order valence-electron chi connectivity index (χ3n) is 5.03. The van der Waals surface area contributed by atoms with Gasteiger partial charge in [0.05, 0.1) is 19.5 Å². The van der Waals surface area contributed by atoms with Gasteiger partial charge in [0.25, 0.3) is 0 Å². The van der Waals surface area contributed by atoms with Crippen LogP contribution in [0.4, 0.5) is 0 Å². The van der Waals surface area contributed by atoms with Gasteiger partial charge >= 0.3 is 0 Å². The van der Waals surface area contributed by atoms with Crippen molar-refractivity contribution < 1.29 is 9.15 Å². The predicted molar refractivity (Wildman–Crippen MR) is 115 cm³/mol. The number of nitrogens with zero attached hydrogens (tertiary/aromatic N) is 3. The van der Waals surface area contributed by atoms with Gasteiger partial charge < -0.3 is 19.4 Å². The smallest absolute Gasteiger partial charge is 0.193 e. The summed E-state index contributed by atoms with van der Waals surface area (Å²) in [6, 6.07) is 4.60. The van der Waals surface area contributed by atoms with E-state index in [0.717, 1.165) is 77.0 Å². The molecule has 7 heteroatoms. The molecule has 0 radical (unpaired) electrons. The van der Waals surface area contributed by atoms with Gasteiger partial charge in [-0.15, -0.1) is 24.0 Å². The van der Waals surface area contributed by atoms with Crippen molar-refractivity contribution in [3.63, 3.8) is 0 Å². The third-order valence-corrected chi connectivity index (χ3v) is 5.03. The van der Waals surface area contributed by atoms with Crippen LogP contribution in [0.5, 0.6) is 0 Å². The van der Waals surface area contributed by atoms with E-state index in [9.17, 15) is 0 Å². The third kappa shape index (κ3) is 6.42. The van der Waals surface area contributed by atoms with E-state index in [1.165, 1.54) is 12.8 Å². The molecular weight excluding hydrogens is 443 g/mol. The molecule has 1 N–H and O–H groups in total. The molecule has 0 aliphatic carbocycles. The first-order valence-electron chi connectivity index (χ1n) is 9.74. The summed E-state index contributed by atoms with van der Waals surface area (Å²) >= 11 is 0. The van der Waals surface area contributed by atoms with E-state index in [1.54, 1.807) is 6.26 Å². The maximum absolute atomic E-state index is 5.49. The maximum Gasteiger partial charge on any atom is 0.193 e. The Morgan fingerprint density at radius 2 is 2.15 bits per heavy atom. The Morgan fingerprint density at radius 1 is 1.31 bits per heavy atom. The summed E-state index contributed by atoms with van der Waals surface area (Å²) in [6.45, 7) is 9.99. The second-order valence-corrected chi connectivity index (χ2v) is 6.85. The number of guanidine groups is 1. The summed E-state index contributed by atoms with van der Waals surface area (Å²) in [7, 11) is 0. The van der Waals surface area contributed by atoms with Gasteiger partial charge in [-0.2, -0.15) is 0 Å². The maximum atomic E-state index is 5.49. The van der Waals surface area contributed by atoms with Crippen molar-refractivity contribution in [2.75, 3.05) is 52.5 Å². The molecule has 1 unspecified atom stereocenters. The normalized spacial score (nSPS) is 21.7. The molecule has 0 saturated carbocycles. The minimum atomic E-state index is 0. The molecule has 0 spiro atoms. The SMILES string of the molecule is CCCCN=C(NCCc1ccco1)N1CCC(N2CCOCC2)C1.I. The van der Waals surface area contributed by atoms with E-state index in [4.69, 9.17) is 14.1 Å². The first-order valence-corrected chi connectivity index (χ1v) is 9.74. The fourth-order valence-corrected chi connectivity index (χ4v) is 3.54. The Labute approximate surface area is 174 Å². The Balaban J connectivity index is 0.00000243. The highest BCUT2D eigenvalue weighted by atomic mass is 127. The summed E-state index contributed by atoms with van der Waals surface area (Å²) < 4.78 is 10.9. The van der Waals surface area contributed by atoms with Gasteiger partial charge in [0.1, 0.15) is 5.76 Å². The number of morpholine rings is 1. The molecule has 3 heterocycles. The molecule has 0 bridgehead atoms. The molecule has 1 aromatic rings. The number of furan rings is 1. The van der Waals surface area contributed by atoms with Gasteiger partial charge in [0.2, 0.25) is 0 Å². The minimum Gasteiger partial charge on any atom is -0.469 e. The summed E-state index contributed by atoms with van der Waals surface area (Å²) in [4.78, 5) is 9.86. The van der Waals surface area contributed by atoms with Gasteiger partial charge in [-0.05, 0) is 25.0 Å². The fourth-order valence-electron chi connectivity index (χ4n) is 3.54. The number of hydrogen-bond acceptors (Lipinski definition) is 4. The summed E-state index contributed by atoms with van der Waals surface area (Å²) in [5.74, 6) is 2.09. The van der Waals surface area contributed by atoms with Crippen molar-refractivity contribution >= 4 is 29.9 Å². The molecule has 1 atom stereocenters. The van der Waals surface area contributed by atoms with Gasteiger partial charge in [-0.25, -0.2) is 0 Å². The van der Waals surface area contributed by atoms with Crippen molar-refractivity contribution in [1.82, 2.24) is 15.1 Å². The van der Waals surface area contributed by atoms with Crippen LogP contribution in [0, 0.1) is 0 Å². The molecule has 6 nitrogen and oxygen atoms in total. The number of nitrogens with one attached hydrogen (secondary N) is 1. The average molecular weight is 476 g/mol. The fraction of sp³-hybridized carbons (Fsp3) is 0.737. The molecule has 148 valence electrons. The summed E-state index contributed by atoms with van der Waals surface area (Å²) in [6.07, 6.45) is 6.16. The Morgan fingerprint density at radius 3 is 2.88 bits per heavy atom. The monoisotopic (exact) mass is 476 g/mol. The van der Waals surface area contributed by atoms with E-state index in [-0.39, 0.29) is 24.0 Å². The van der Waals surface area contributed by atoms with Crippen LogP contribution in [-0.4, -0.2) is 74.3 Å². The zero-order valence-electron chi connectivity index (χ0n) is 15.9. The van der Waals surface area contributed by atoms with Gasteiger partial charge in [-0.3, -0.25) is 9.89 Å². The van der Waals surface area contributed by atoms with Gasteiger partial charge in [0.15, 0.2) is 5.96 Å². The number of halogens is 1. The largest absolute Gasteiger partial charge is 0.469 e. The van der Waals surface area contributed by atoms with E-state index >= 15 is 0 Å². The molecule has 2 fully saturated rings. The van der Waals surface area contributed by atoms with Crippen LogP contribution in [0.15, 0.2) is 27.8 Å². The van der Waals surface area contributed by atoms with Gasteiger partial charge in [0, 0.05) is 51.7 Å². The standard InChI is InChI=1S/C19H32N4O2.HI/c1-2-3-8-20-19(21-9-6-18-5-4-13-25-18)23-10-7-17(16-23)22-11-14-24-15-12-22;/h4-5,13,17H,2-3,6-12,14-16H2,1H3,(H,20,21);1H. The molecule has 26 heavy (non-hydrogen) atoms. The second-order valence-electron chi connectivity index (χ2n) is 6.85. The minimum absolute atomic E-state index is 0. The van der Waals surface area contributed by atoms with E-state index in [1.807, 2.05) is 12.1 Å². The average Bonchev–Trinajstić information content (AvgIpc) is 3.33. The zero-order chi connectivity index (χ0) is 17.3. The van der Waals surface area contributed by atoms with Crippen molar-refractivity contribution in [2.45, 2.75) is 38.6 Å². The van der Waals surface area contributed by atoms with Gasteiger partial charge in [-0.1, -0.05) is 13.3 Å². The molecule has 2 saturated heterocycles. The molecule has 3 rings (SSSR count). The van der Waals surface area contributed by atoms with Crippen LogP contribution in [0.3, 0.4) is 0 Å². The van der Waals surface area contributed by atoms with Crippen LogP contribution >= 0.6 is 24.0 Å². The van der Waals surface area contributed by atoms with Crippen LogP contribution in [-0.2, 0) is 11.2 Å². The number of unbranched alkanes of at least 4 members (excludes halogenated alkanes) is 1. The van der Waals surface area contributed by atoms with Crippen LogP contribution < -0.4 is 5.32 Å². The predicted octanol–water partition coefficient (Wildman–Crippen LogP) is 2.59. The Kier molecular flexibility index (Phi) is 9.77. The lowest BCUT2D eigenvalue weighted by atomic mass is 10.2. The molecular formula is C19H33IN4O2. The van der Waals surface area contributed by atoms with Crippen molar-refractivity contribution in [3.8, 4) is 0 Å². The molecule has 2 aliphatic heterocycles. The number of aliphatic imine (C=N–C) groups is 1. The van der Waals surface area contributed by atoms with E-state index in [0.29, 0.717) is 6.04 Å². The van der Waals surface area contributed by atoms with Crippen LogP contribution in [0.25, 0.3) is 0 Å². The lowest BCUT2D eigenvalue weighted by Crippen LogP contribution is -2.47. The highest BCUT2D eigenvalue weighted by molar-refractivity contribution is 14.0. The van der Waals surface area contributed by atoms with Crippen LogP contribution in [0.1, 0.15) is 31.9 Å². The summed E-state index contributed by atoms with van der Waals surface area (Å²) in [5, 5.41) is 3.56. The number of hydrogen-bond donors (Lipinski definition) is 1. The topological polar surface area (TPSA) is 53.2 Å². The second kappa shape index (κ2) is 11.8.